The second-order valence-electron chi connectivity index (χ2n) is 11.0. The molecule has 0 N–H and O–H groups in total. The summed E-state index contributed by atoms with van der Waals surface area (Å²) in [5.41, 5.74) is 13.8. The molecule has 0 bridgehead atoms. The van der Waals surface area contributed by atoms with Gasteiger partial charge in [0.15, 0.2) is 0 Å². The Kier molecular flexibility index (Phi) is 5.86. The predicted molar refractivity (Wildman–Crippen MR) is 170 cm³/mol. The fraction of sp³-hybridized carbons (Fsp3) is 0.0769. The van der Waals surface area contributed by atoms with Crippen LogP contribution in [0.5, 0.6) is 0 Å². The quantitative estimate of drug-likeness (QED) is 0.222. The SMILES string of the molecule is CC1(C)c2ccc(N(c3ccccc3)c3ccc(-c4ccccc4)cc3)cc2-c2c(-c3ccccc3)cccc21. The van der Waals surface area contributed by atoms with Gasteiger partial charge >= 0.3 is 0 Å². The van der Waals surface area contributed by atoms with Crippen LogP contribution in [0.3, 0.4) is 0 Å². The first kappa shape index (κ1) is 24.2. The molecule has 0 aromatic heterocycles. The molecule has 7 rings (SSSR count). The summed E-state index contributed by atoms with van der Waals surface area (Å²) >= 11 is 0. The molecule has 1 aliphatic carbocycles. The molecular weight excluding hydrogens is 482 g/mol. The van der Waals surface area contributed by atoms with Crippen LogP contribution in [0, 0.1) is 0 Å². The minimum absolute atomic E-state index is 0.0666. The topological polar surface area (TPSA) is 3.24 Å². The van der Waals surface area contributed by atoms with E-state index < -0.39 is 0 Å². The van der Waals surface area contributed by atoms with Gasteiger partial charge in [-0.25, -0.2) is 0 Å². The fourth-order valence-electron chi connectivity index (χ4n) is 6.25. The van der Waals surface area contributed by atoms with E-state index in [0.29, 0.717) is 0 Å². The molecule has 1 nitrogen and oxygen atoms in total. The highest BCUT2D eigenvalue weighted by molar-refractivity contribution is 5.94. The molecule has 0 spiro atoms. The van der Waals surface area contributed by atoms with E-state index in [1.165, 1.54) is 44.5 Å². The molecule has 40 heavy (non-hydrogen) atoms. The molecule has 1 heteroatoms. The van der Waals surface area contributed by atoms with Crippen LogP contribution in [0.25, 0.3) is 33.4 Å². The Hall–Kier alpha value is -4.88. The molecule has 0 aliphatic heterocycles. The zero-order valence-electron chi connectivity index (χ0n) is 22.9. The summed E-state index contributed by atoms with van der Waals surface area (Å²) in [5, 5.41) is 0. The van der Waals surface area contributed by atoms with Gasteiger partial charge in [0.2, 0.25) is 0 Å². The van der Waals surface area contributed by atoms with Crippen molar-refractivity contribution in [2.45, 2.75) is 19.3 Å². The molecule has 0 unspecified atom stereocenters. The van der Waals surface area contributed by atoms with Gasteiger partial charge in [-0.1, -0.05) is 129 Å². The standard InChI is InChI=1S/C39H31N/c1-39(2)36-26-25-33(27-35(36)38-34(19-12-20-37(38)39)30-15-8-4-9-16-30)40(31-17-10-5-11-18-31)32-23-21-29(22-24-32)28-13-6-3-7-14-28/h3-27H,1-2H3. The minimum Gasteiger partial charge on any atom is -0.310 e. The van der Waals surface area contributed by atoms with Crippen LogP contribution >= 0.6 is 0 Å². The first-order chi connectivity index (χ1) is 19.6. The average Bonchev–Trinajstić information content (AvgIpc) is 3.25. The highest BCUT2D eigenvalue weighted by atomic mass is 15.1. The van der Waals surface area contributed by atoms with Crippen LogP contribution in [0.4, 0.5) is 17.1 Å². The number of para-hydroxylation sites is 1. The van der Waals surface area contributed by atoms with Crippen molar-refractivity contribution in [1.29, 1.82) is 0 Å². The van der Waals surface area contributed by atoms with E-state index in [4.69, 9.17) is 0 Å². The van der Waals surface area contributed by atoms with Gasteiger partial charge < -0.3 is 4.90 Å². The maximum Gasteiger partial charge on any atom is 0.0468 e. The van der Waals surface area contributed by atoms with Crippen molar-refractivity contribution < 1.29 is 0 Å². The van der Waals surface area contributed by atoms with Gasteiger partial charge in [-0.2, -0.15) is 0 Å². The zero-order valence-corrected chi connectivity index (χ0v) is 22.9. The van der Waals surface area contributed by atoms with Gasteiger partial charge in [-0.15, -0.1) is 0 Å². The van der Waals surface area contributed by atoms with E-state index in [-0.39, 0.29) is 5.41 Å². The summed E-state index contributed by atoms with van der Waals surface area (Å²) in [6, 6.07) is 54.7. The Morgan fingerprint density at radius 3 is 1.62 bits per heavy atom. The lowest BCUT2D eigenvalue weighted by atomic mass is 9.82. The van der Waals surface area contributed by atoms with Gasteiger partial charge in [0, 0.05) is 22.5 Å². The number of fused-ring (bicyclic) bond motifs is 3. The first-order valence-electron chi connectivity index (χ1n) is 14.0. The van der Waals surface area contributed by atoms with Crippen LogP contribution in [0.1, 0.15) is 25.0 Å². The molecular formula is C39H31N. The predicted octanol–water partition coefficient (Wildman–Crippen LogP) is 10.8. The van der Waals surface area contributed by atoms with E-state index in [9.17, 15) is 0 Å². The number of rotatable bonds is 5. The highest BCUT2D eigenvalue weighted by Crippen LogP contribution is 2.53. The van der Waals surface area contributed by atoms with Gasteiger partial charge in [0.1, 0.15) is 0 Å². The molecule has 1 aliphatic rings. The fourth-order valence-corrected chi connectivity index (χ4v) is 6.25. The van der Waals surface area contributed by atoms with E-state index in [1.807, 2.05) is 0 Å². The molecule has 6 aromatic rings. The minimum atomic E-state index is -0.0666. The Balaban J connectivity index is 1.39. The van der Waals surface area contributed by atoms with E-state index >= 15 is 0 Å². The van der Waals surface area contributed by atoms with Gasteiger partial charge in [-0.3, -0.25) is 0 Å². The van der Waals surface area contributed by atoms with E-state index in [2.05, 4.69) is 170 Å². The van der Waals surface area contributed by atoms with Crippen molar-refractivity contribution in [3.8, 4) is 33.4 Å². The van der Waals surface area contributed by atoms with E-state index in [1.54, 1.807) is 0 Å². The molecule has 0 amide bonds. The van der Waals surface area contributed by atoms with Gasteiger partial charge in [0.05, 0.1) is 0 Å². The van der Waals surface area contributed by atoms with Crippen LogP contribution in [0.2, 0.25) is 0 Å². The lowest BCUT2D eigenvalue weighted by Gasteiger charge is -2.27. The van der Waals surface area contributed by atoms with Crippen molar-refractivity contribution in [3.63, 3.8) is 0 Å². The molecule has 0 heterocycles. The Labute approximate surface area is 237 Å². The van der Waals surface area contributed by atoms with Crippen molar-refractivity contribution in [2.24, 2.45) is 0 Å². The summed E-state index contributed by atoms with van der Waals surface area (Å²) < 4.78 is 0. The second-order valence-corrected chi connectivity index (χ2v) is 11.0. The molecule has 0 saturated carbocycles. The van der Waals surface area contributed by atoms with Crippen molar-refractivity contribution >= 4 is 17.1 Å². The summed E-state index contributed by atoms with van der Waals surface area (Å²) in [6.07, 6.45) is 0. The third kappa shape index (κ3) is 4.03. The molecule has 192 valence electrons. The Morgan fingerprint density at radius 1 is 0.400 bits per heavy atom. The largest absolute Gasteiger partial charge is 0.310 e. The van der Waals surface area contributed by atoms with Crippen molar-refractivity contribution in [2.75, 3.05) is 4.90 Å². The van der Waals surface area contributed by atoms with Gasteiger partial charge in [0.25, 0.3) is 0 Å². The molecule has 0 radical (unpaired) electrons. The third-order valence-corrected chi connectivity index (χ3v) is 8.27. The lowest BCUT2D eigenvalue weighted by Crippen LogP contribution is -2.15. The average molecular weight is 514 g/mol. The van der Waals surface area contributed by atoms with E-state index in [0.717, 1.165) is 17.1 Å². The third-order valence-electron chi connectivity index (χ3n) is 8.27. The lowest BCUT2D eigenvalue weighted by molar-refractivity contribution is 0.660. The van der Waals surface area contributed by atoms with Crippen LogP contribution in [-0.2, 0) is 5.41 Å². The van der Waals surface area contributed by atoms with Crippen LogP contribution in [-0.4, -0.2) is 0 Å². The van der Waals surface area contributed by atoms with Crippen LogP contribution in [0.15, 0.2) is 152 Å². The Bertz CT molecular complexity index is 1780. The molecule has 0 atom stereocenters. The molecule has 6 aromatic carbocycles. The number of nitrogens with zero attached hydrogens (tertiary/aromatic N) is 1. The number of benzene rings is 6. The second kappa shape index (κ2) is 9.70. The smallest absolute Gasteiger partial charge is 0.0468 e. The molecule has 0 saturated heterocycles. The number of hydrogen-bond acceptors (Lipinski definition) is 1. The number of hydrogen-bond donors (Lipinski definition) is 0. The highest BCUT2D eigenvalue weighted by Gasteiger charge is 2.37. The number of anilines is 3. The maximum absolute atomic E-state index is 2.40. The van der Waals surface area contributed by atoms with Gasteiger partial charge in [-0.05, 0) is 80.9 Å². The zero-order chi connectivity index (χ0) is 27.1. The van der Waals surface area contributed by atoms with Crippen molar-refractivity contribution in [1.82, 2.24) is 0 Å². The van der Waals surface area contributed by atoms with Crippen molar-refractivity contribution in [3.05, 3.63) is 163 Å². The first-order valence-corrected chi connectivity index (χ1v) is 14.0. The molecule has 0 fully saturated rings. The normalized spacial score (nSPS) is 12.9. The maximum atomic E-state index is 2.40. The summed E-state index contributed by atoms with van der Waals surface area (Å²) in [7, 11) is 0. The Morgan fingerprint density at radius 2 is 0.950 bits per heavy atom. The summed E-state index contributed by atoms with van der Waals surface area (Å²) in [6.45, 7) is 4.70. The van der Waals surface area contributed by atoms with Crippen LogP contribution < -0.4 is 4.90 Å². The summed E-state index contributed by atoms with van der Waals surface area (Å²) in [4.78, 5) is 2.37. The summed E-state index contributed by atoms with van der Waals surface area (Å²) in [5.74, 6) is 0. The monoisotopic (exact) mass is 513 g/mol.